The van der Waals surface area contributed by atoms with Crippen LogP contribution in [0.2, 0.25) is 0 Å². The van der Waals surface area contributed by atoms with E-state index in [0.29, 0.717) is 5.82 Å². The van der Waals surface area contributed by atoms with Crippen molar-refractivity contribution >= 4 is 5.97 Å². The Balaban J connectivity index is 3.26. The molecule has 56 valence electrons. The van der Waals surface area contributed by atoms with E-state index in [4.69, 9.17) is 10.4 Å². The van der Waals surface area contributed by atoms with Crippen LogP contribution in [0.5, 0.6) is 0 Å². The number of aryl methyl sites for hydroxylation is 1. The van der Waals surface area contributed by atoms with Gasteiger partial charge in [-0.05, 0) is 6.92 Å². The molecule has 1 rings (SSSR count). The summed E-state index contributed by atoms with van der Waals surface area (Å²) in [4.78, 5) is 16.5. The van der Waals surface area contributed by atoms with Crippen LogP contribution < -0.4 is 0 Å². The minimum absolute atomic E-state index is 0.0741. The second-order valence-corrected chi connectivity index (χ2v) is 1.96. The van der Waals surface area contributed by atoms with E-state index in [2.05, 4.69) is 9.97 Å². The van der Waals surface area contributed by atoms with E-state index in [0.717, 1.165) is 0 Å². The molecule has 0 aliphatic rings. The fourth-order valence-corrected chi connectivity index (χ4v) is 0.727. The average molecular weight is 151 g/mol. The van der Waals surface area contributed by atoms with Crippen LogP contribution in [0.15, 0.2) is 0 Å². The Morgan fingerprint density at radius 2 is 2.45 bits per heavy atom. The Morgan fingerprint density at radius 3 is 2.82 bits per heavy atom. The third-order valence-electron chi connectivity index (χ3n) is 1.14. The lowest BCUT2D eigenvalue weighted by Gasteiger charge is -1.84. The highest BCUT2D eigenvalue weighted by Gasteiger charge is 2.13. The molecule has 0 aromatic carbocycles. The summed E-state index contributed by atoms with van der Waals surface area (Å²) in [6.07, 6.45) is 0. The minimum Gasteiger partial charge on any atom is -0.476 e. The Labute approximate surface area is 62.3 Å². The van der Waals surface area contributed by atoms with Gasteiger partial charge in [0.05, 0.1) is 0 Å². The number of imidazole rings is 1. The third kappa shape index (κ3) is 1.19. The lowest BCUT2D eigenvalue weighted by molar-refractivity contribution is 0.0690. The summed E-state index contributed by atoms with van der Waals surface area (Å²) in [5.74, 6) is -0.735. The summed E-state index contributed by atoms with van der Waals surface area (Å²) >= 11 is 0. The van der Waals surface area contributed by atoms with Gasteiger partial charge in [0, 0.05) is 0 Å². The molecule has 1 aromatic heterocycles. The van der Waals surface area contributed by atoms with Crippen molar-refractivity contribution in [2.24, 2.45) is 0 Å². The lowest BCUT2D eigenvalue weighted by Crippen LogP contribution is -1.99. The van der Waals surface area contributed by atoms with Crippen molar-refractivity contribution < 1.29 is 9.90 Å². The molecule has 5 heteroatoms. The molecule has 0 amide bonds. The van der Waals surface area contributed by atoms with E-state index in [9.17, 15) is 4.79 Å². The summed E-state index contributed by atoms with van der Waals surface area (Å²) in [7, 11) is 0. The Bertz CT molecular complexity index is 334. The number of aromatic amines is 1. The molecule has 1 aromatic rings. The standard InChI is InChI=1S/C6H5N3O2/c1-3-8-4(2-7)5(9-3)6(10)11/h1H3,(H,8,9)(H,10,11). The molecule has 0 bridgehead atoms. The van der Waals surface area contributed by atoms with E-state index < -0.39 is 5.97 Å². The number of nitrogens with one attached hydrogen (secondary N) is 1. The first-order chi connectivity index (χ1) is 5.15. The average Bonchev–Trinajstić information content (AvgIpc) is 2.30. The Hall–Kier alpha value is -1.83. The van der Waals surface area contributed by atoms with E-state index >= 15 is 0 Å². The summed E-state index contributed by atoms with van der Waals surface area (Å²) in [5.41, 5.74) is -0.222. The van der Waals surface area contributed by atoms with Crippen LogP contribution in [-0.4, -0.2) is 21.0 Å². The zero-order chi connectivity index (χ0) is 8.43. The van der Waals surface area contributed by atoms with E-state index in [1.54, 1.807) is 13.0 Å². The smallest absolute Gasteiger partial charge is 0.355 e. The molecule has 1 heterocycles. The van der Waals surface area contributed by atoms with Crippen LogP contribution >= 0.6 is 0 Å². The van der Waals surface area contributed by atoms with Gasteiger partial charge in [-0.25, -0.2) is 9.78 Å². The van der Waals surface area contributed by atoms with Gasteiger partial charge >= 0.3 is 5.97 Å². The van der Waals surface area contributed by atoms with Crippen LogP contribution in [0.25, 0.3) is 0 Å². The van der Waals surface area contributed by atoms with Crippen molar-refractivity contribution in [1.29, 1.82) is 5.26 Å². The van der Waals surface area contributed by atoms with Gasteiger partial charge in [0.25, 0.3) is 0 Å². The van der Waals surface area contributed by atoms with Crippen LogP contribution in [0.1, 0.15) is 22.0 Å². The molecular formula is C6H5N3O2. The number of carboxylic acids is 1. The van der Waals surface area contributed by atoms with Gasteiger partial charge in [0.2, 0.25) is 0 Å². The van der Waals surface area contributed by atoms with Crippen molar-refractivity contribution in [1.82, 2.24) is 9.97 Å². The van der Waals surface area contributed by atoms with Gasteiger partial charge in [0.1, 0.15) is 11.9 Å². The molecule has 2 N–H and O–H groups in total. The molecule has 11 heavy (non-hydrogen) atoms. The molecule has 0 aliphatic heterocycles. The highest BCUT2D eigenvalue weighted by molar-refractivity contribution is 5.87. The summed E-state index contributed by atoms with van der Waals surface area (Å²) in [6, 6.07) is 1.67. The molecular weight excluding hydrogens is 146 g/mol. The molecule has 0 aliphatic carbocycles. The van der Waals surface area contributed by atoms with Gasteiger partial charge in [-0.1, -0.05) is 0 Å². The fourth-order valence-electron chi connectivity index (χ4n) is 0.727. The van der Waals surface area contributed by atoms with Crippen molar-refractivity contribution in [2.45, 2.75) is 6.92 Å². The molecule has 0 unspecified atom stereocenters. The number of aromatic carboxylic acids is 1. The second-order valence-electron chi connectivity index (χ2n) is 1.96. The maximum Gasteiger partial charge on any atom is 0.355 e. The first-order valence-corrected chi connectivity index (χ1v) is 2.85. The number of nitriles is 1. The van der Waals surface area contributed by atoms with Crippen molar-refractivity contribution in [2.75, 3.05) is 0 Å². The Morgan fingerprint density at radius 1 is 1.82 bits per heavy atom. The van der Waals surface area contributed by atoms with E-state index in [-0.39, 0.29) is 11.4 Å². The normalized spacial score (nSPS) is 9.09. The number of H-pyrrole nitrogens is 1. The molecule has 0 saturated heterocycles. The third-order valence-corrected chi connectivity index (χ3v) is 1.14. The molecule has 5 nitrogen and oxygen atoms in total. The number of nitrogens with zero attached hydrogens (tertiary/aromatic N) is 2. The van der Waals surface area contributed by atoms with Gasteiger partial charge in [-0.3, -0.25) is 0 Å². The predicted octanol–water partition coefficient (Wildman–Crippen LogP) is 0.288. The molecule has 0 saturated carbocycles. The van der Waals surface area contributed by atoms with Crippen molar-refractivity contribution in [3.63, 3.8) is 0 Å². The lowest BCUT2D eigenvalue weighted by atomic mass is 10.3. The number of hydrogen-bond donors (Lipinski definition) is 2. The first kappa shape index (κ1) is 7.28. The fraction of sp³-hybridized carbons (Fsp3) is 0.167. The van der Waals surface area contributed by atoms with Gasteiger partial charge in [-0.15, -0.1) is 0 Å². The number of hydrogen-bond acceptors (Lipinski definition) is 3. The zero-order valence-electron chi connectivity index (χ0n) is 5.75. The van der Waals surface area contributed by atoms with Gasteiger partial charge in [0.15, 0.2) is 11.4 Å². The largest absolute Gasteiger partial charge is 0.476 e. The Kier molecular flexibility index (Phi) is 1.60. The van der Waals surface area contributed by atoms with Gasteiger partial charge < -0.3 is 10.1 Å². The van der Waals surface area contributed by atoms with E-state index in [1.165, 1.54) is 0 Å². The minimum atomic E-state index is -1.16. The molecule has 0 fully saturated rings. The number of rotatable bonds is 1. The second kappa shape index (κ2) is 2.42. The van der Waals surface area contributed by atoms with Crippen LogP contribution in [-0.2, 0) is 0 Å². The predicted molar refractivity (Wildman–Crippen MR) is 35.0 cm³/mol. The van der Waals surface area contributed by atoms with Crippen molar-refractivity contribution in [3.8, 4) is 6.07 Å². The van der Waals surface area contributed by atoms with E-state index in [1.807, 2.05) is 0 Å². The summed E-state index contributed by atoms with van der Waals surface area (Å²) < 4.78 is 0. The van der Waals surface area contributed by atoms with Crippen LogP contribution in [0.3, 0.4) is 0 Å². The van der Waals surface area contributed by atoms with Crippen LogP contribution in [0.4, 0.5) is 0 Å². The number of carboxylic acid groups (broad SMARTS) is 1. The maximum atomic E-state index is 10.4. The van der Waals surface area contributed by atoms with Crippen LogP contribution in [0, 0.1) is 18.3 Å². The molecule has 0 radical (unpaired) electrons. The summed E-state index contributed by atoms with van der Waals surface area (Å²) in [6.45, 7) is 1.59. The summed E-state index contributed by atoms with van der Waals surface area (Å²) in [5, 5.41) is 16.9. The maximum absolute atomic E-state index is 10.4. The SMILES string of the molecule is Cc1nc(C#N)c(C(=O)O)[nH]1. The van der Waals surface area contributed by atoms with Crippen molar-refractivity contribution in [3.05, 3.63) is 17.2 Å². The monoisotopic (exact) mass is 151 g/mol. The highest BCUT2D eigenvalue weighted by Crippen LogP contribution is 2.03. The molecule has 0 spiro atoms. The first-order valence-electron chi connectivity index (χ1n) is 2.85. The zero-order valence-corrected chi connectivity index (χ0v) is 5.75. The molecule has 0 atom stereocenters. The number of aromatic nitrogens is 2. The topological polar surface area (TPSA) is 89.8 Å². The number of carbonyl (C=O) groups is 1. The quantitative estimate of drug-likeness (QED) is 0.603. The highest BCUT2D eigenvalue weighted by atomic mass is 16.4. The van der Waals surface area contributed by atoms with Gasteiger partial charge in [-0.2, -0.15) is 5.26 Å².